The first kappa shape index (κ1) is 17.8. The zero-order valence-electron chi connectivity index (χ0n) is 18.2. The molecule has 0 fully saturated rings. The van der Waals surface area contributed by atoms with E-state index >= 15 is 0 Å². The molecule has 0 radical (unpaired) electrons. The third kappa shape index (κ3) is 2.27. The van der Waals surface area contributed by atoms with E-state index in [-0.39, 0.29) is 0 Å². The molecule has 0 bridgehead atoms. The third-order valence-electron chi connectivity index (χ3n) is 7.04. The maximum atomic E-state index is 4.63. The van der Waals surface area contributed by atoms with Crippen LogP contribution in [0, 0.1) is 0 Å². The van der Waals surface area contributed by atoms with Crippen LogP contribution in [0.25, 0.3) is 65.8 Å². The highest BCUT2D eigenvalue weighted by Crippen LogP contribution is 2.40. The van der Waals surface area contributed by atoms with E-state index in [1.165, 1.54) is 32.3 Å². The van der Waals surface area contributed by atoms with Gasteiger partial charge >= 0.3 is 0 Å². The van der Waals surface area contributed by atoms with Crippen molar-refractivity contribution in [2.24, 2.45) is 0 Å². The zero-order chi connectivity index (χ0) is 22.2. The SMILES string of the molecule is c1ccc2c(c1)ncn2-c1ccc2ccc3c(-n4cnc5ccccc54)ccc4ccc1c2c43. The number of hydrogen-bond donors (Lipinski definition) is 0. The molecular formula is C30H18N4. The van der Waals surface area contributed by atoms with E-state index in [2.05, 4.69) is 104 Å². The summed E-state index contributed by atoms with van der Waals surface area (Å²) in [4.78, 5) is 9.27. The maximum absolute atomic E-state index is 4.63. The Morgan fingerprint density at radius 3 is 1.38 bits per heavy atom. The predicted molar refractivity (Wildman–Crippen MR) is 139 cm³/mol. The highest BCUT2D eigenvalue weighted by Gasteiger charge is 2.16. The van der Waals surface area contributed by atoms with Crippen molar-refractivity contribution >= 4 is 54.4 Å². The van der Waals surface area contributed by atoms with E-state index in [9.17, 15) is 0 Å². The largest absolute Gasteiger partial charge is 0.298 e. The van der Waals surface area contributed by atoms with Gasteiger partial charge < -0.3 is 0 Å². The van der Waals surface area contributed by atoms with Gasteiger partial charge in [-0.15, -0.1) is 0 Å². The Morgan fingerprint density at radius 2 is 0.882 bits per heavy atom. The highest BCUT2D eigenvalue weighted by atomic mass is 15.1. The van der Waals surface area contributed by atoms with Gasteiger partial charge in [-0.1, -0.05) is 60.7 Å². The van der Waals surface area contributed by atoms with E-state index in [0.29, 0.717) is 0 Å². The molecule has 6 aromatic carbocycles. The fourth-order valence-electron chi connectivity index (χ4n) is 5.49. The van der Waals surface area contributed by atoms with Crippen LogP contribution in [-0.2, 0) is 0 Å². The molecule has 2 aromatic heterocycles. The first-order valence-corrected chi connectivity index (χ1v) is 11.4. The second-order valence-electron chi connectivity index (χ2n) is 8.80. The molecule has 0 unspecified atom stereocenters. The summed E-state index contributed by atoms with van der Waals surface area (Å²) in [5, 5.41) is 7.52. The summed E-state index contributed by atoms with van der Waals surface area (Å²) in [5.74, 6) is 0. The number of fused-ring (bicyclic) bond motifs is 2. The summed E-state index contributed by atoms with van der Waals surface area (Å²) in [7, 11) is 0. The van der Waals surface area contributed by atoms with Gasteiger partial charge in [0.25, 0.3) is 0 Å². The number of para-hydroxylation sites is 4. The van der Waals surface area contributed by atoms with Gasteiger partial charge in [0.15, 0.2) is 0 Å². The summed E-state index contributed by atoms with van der Waals surface area (Å²) in [5.41, 5.74) is 6.53. The minimum absolute atomic E-state index is 1.00. The van der Waals surface area contributed by atoms with Crippen LogP contribution in [0.3, 0.4) is 0 Å². The number of aromatic nitrogens is 4. The average Bonchev–Trinajstić information content (AvgIpc) is 3.52. The van der Waals surface area contributed by atoms with Crippen LogP contribution in [0.2, 0.25) is 0 Å². The van der Waals surface area contributed by atoms with E-state index < -0.39 is 0 Å². The van der Waals surface area contributed by atoms with Gasteiger partial charge in [0.05, 0.1) is 33.4 Å². The van der Waals surface area contributed by atoms with Crippen LogP contribution in [0.4, 0.5) is 0 Å². The molecule has 0 aliphatic carbocycles. The van der Waals surface area contributed by atoms with Crippen molar-refractivity contribution in [2.75, 3.05) is 0 Å². The van der Waals surface area contributed by atoms with Gasteiger partial charge in [-0.25, -0.2) is 9.97 Å². The molecule has 0 spiro atoms. The normalized spacial score (nSPS) is 12.1. The molecule has 0 atom stereocenters. The van der Waals surface area contributed by atoms with Crippen LogP contribution in [0.5, 0.6) is 0 Å². The quantitative estimate of drug-likeness (QED) is 0.268. The lowest BCUT2D eigenvalue weighted by atomic mass is 9.92. The number of hydrogen-bond acceptors (Lipinski definition) is 2. The second kappa shape index (κ2) is 6.42. The zero-order valence-corrected chi connectivity index (χ0v) is 18.2. The predicted octanol–water partition coefficient (Wildman–Crippen LogP) is 7.26. The van der Waals surface area contributed by atoms with Crippen molar-refractivity contribution in [3.8, 4) is 11.4 Å². The van der Waals surface area contributed by atoms with Crippen molar-refractivity contribution in [1.82, 2.24) is 19.1 Å². The molecule has 8 aromatic rings. The van der Waals surface area contributed by atoms with E-state index in [4.69, 9.17) is 0 Å². The Hall–Kier alpha value is -4.70. The van der Waals surface area contributed by atoms with E-state index in [1.54, 1.807) is 0 Å². The molecule has 158 valence electrons. The summed E-state index contributed by atoms with van der Waals surface area (Å²) in [6.45, 7) is 0. The van der Waals surface area contributed by atoms with Crippen molar-refractivity contribution in [3.63, 3.8) is 0 Å². The van der Waals surface area contributed by atoms with Crippen molar-refractivity contribution in [2.45, 2.75) is 0 Å². The number of benzene rings is 6. The number of rotatable bonds is 2. The van der Waals surface area contributed by atoms with Gasteiger partial charge in [0.1, 0.15) is 12.7 Å². The van der Waals surface area contributed by atoms with Crippen molar-refractivity contribution in [1.29, 1.82) is 0 Å². The van der Waals surface area contributed by atoms with Gasteiger partial charge in [0.2, 0.25) is 0 Å². The molecule has 34 heavy (non-hydrogen) atoms. The van der Waals surface area contributed by atoms with Crippen LogP contribution in [0.1, 0.15) is 0 Å². The summed E-state index contributed by atoms with van der Waals surface area (Å²) < 4.78 is 4.40. The summed E-state index contributed by atoms with van der Waals surface area (Å²) in [6, 6.07) is 34.4. The average molecular weight is 435 g/mol. The Kier molecular flexibility index (Phi) is 3.36. The Morgan fingerprint density at radius 1 is 0.441 bits per heavy atom. The first-order valence-electron chi connectivity index (χ1n) is 11.4. The van der Waals surface area contributed by atoms with Gasteiger partial charge in [0, 0.05) is 10.8 Å². The van der Waals surface area contributed by atoms with Gasteiger partial charge in [-0.05, 0) is 57.9 Å². The van der Waals surface area contributed by atoms with Crippen molar-refractivity contribution in [3.05, 3.63) is 110 Å². The molecule has 0 N–H and O–H groups in total. The van der Waals surface area contributed by atoms with Crippen LogP contribution >= 0.6 is 0 Å². The molecule has 2 heterocycles. The fraction of sp³-hybridized carbons (Fsp3) is 0. The molecule has 4 nitrogen and oxygen atoms in total. The Bertz CT molecular complexity index is 1880. The second-order valence-corrected chi connectivity index (χ2v) is 8.80. The third-order valence-corrected chi connectivity index (χ3v) is 7.04. The lowest BCUT2D eigenvalue weighted by Crippen LogP contribution is -1.97. The first-order chi connectivity index (χ1) is 16.9. The molecule has 0 saturated carbocycles. The Labute approximate surface area is 194 Å². The molecule has 8 rings (SSSR count). The number of imidazole rings is 2. The van der Waals surface area contributed by atoms with Crippen LogP contribution in [-0.4, -0.2) is 19.1 Å². The molecule has 4 heteroatoms. The van der Waals surface area contributed by atoms with Crippen LogP contribution < -0.4 is 0 Å². The minimum atomic E-state index is 1.00. The Balaban J connectivity index is 1.49. The smallest absolute Gasteiger partial charge is 0.100 e. The topological polar surface area (TPSA) is 35.6 Å². The fourth-order valence-corrected chi connectivity index (χ4v) is 5.49. The van der Waals surface area contributed by atoms with E-state index in [1.807, 2.05) is 24.8 Å². The van der Waals surface area contributed by atoms with Gasteiger partial charge in [-0.3, -0.25) is 9.13 Å². The molecule has 0 aliphatic heterocycles. The molecular weight excluding hydrogens is 416 g/mol. The standard InChI is InChI=1S/C30H18N4/c1-3-7-27-23(5-1)31-17-33(27)25-15-11-19-10-14-22-26(34-18-32-24-6-2-4-8-28(24)34)16-12-20-9-13-21(25)29(19)30(20)22/h1-18H. The molecule has 0 saturated heterocycles. The van der Waals surface area contributed by atoms with E-state index in [0.717, 1.165) is 33.4 Å². The summed E-state index contributed by atoms with van der Waals surface area (Å²) >= 11 is 0. The maximum Gasteiger partial charge on any atom is 0.100 e. The van der Waals surface area contributed by atoms with Crippen molar-refractivity contribution < 1.29 is 0 Å². The molecule has 0 aliphatic rings. The summed E-state index contributed by atoms with van der Waals surface area (Å²) in [6.07, 6.45) is 3.86. The van der Waals surface area contributed by atoms with Crippen LogP contribution in [0.15, 0.2) is 110 Å². The minimum Gasteiger partial charge on any atom is -0.298 e. The lowest BCUT2D eigenvalue weighted by molar-refractivity contribution is 1.10. The van der Waals surface area contributed by atoms with Gasteiger partial charge in [-0.2, -0.15) is 0 Å². The monoisotopic (exact) mass is 434 g/mol. The lowest BCUT2D eigenvalue weighted by Gasteiger charge is -2.17. The number of nitrogens with zero attached hydrogens (tertiary/aromatic N) is 4. The molecule has 0 amide bonds. The highest BCUT2D eigenvalue weighted by molar-refractivity contribution is 6.26.